The van der Waals surface area contributed by atoms with E-state index in [1.807, 2.05) is 20.0 Å². The number of pyridine rings is 1. The largest absolute Gasteiger partial charge is 0.309 e. The summed E-state index contributed by atoms with van der Waals surface area (Å²) in [4.78, 5) is 18.1. The molecule has 0 aromatic carbocycles. The smallest absolute Gasteiger partial charge is 0.249 e. The zero-order valence-electron chi connectivity index (χ0n) is 15.0. The molecule has 0 bridgehead atoms. The van der Waals surface area contributed by atoms with E-state index < -0.39 is 0 Å². The summed E-state index contributed by atoms with van der Waals surface area (Å²) >= 11 is 0. The van der Waals surface area contributed by atoms with E-state index in [0.717, 1.165) is 36.1 Å². The third-order valence-electron chi connectivity index (χ3n) is 4.68. The van der Waals surface area contributed by atoms with Gasteiger partial charge >= 0.3 is 0 Å². The first kappa shape index (κ1) is 16.4. The number of nitrogens with one attached hydrogen (secondary N) is 1. The van der Waals surface area contributed by atoms with Crippen molar-refractivity contribution in [3.63, 3.8) is 0 Å². The second-order valence-electron chi connectivity index (χ2n) is 6.57. The summed E-state index contributed by atoms with van der Waals surface area (Å²) in [5, 5.41) is 19.5. The third kappa shape index (κ3) is 2.85. The molecule has 3 aromatic heterocycles. The van der Waals surface area contributed by atoms with Gasteiger partial charge in [0.1, 0.15) is 12.4 Å². The molecule has 0 fully saturated rings. The molecular weight excluding hydrogens is 332 g/mol. The van der Waals surface area contributed by atoms with Crippen molar-refractivity contribution in [3.8, 4) is 11.4 Å². The van der Waals surface area contributed by atoms with Gasteiger partial charge in [0, 0.05) is 30.1 Å². The van der Waals surface area contributed by atoms with Crippen LogP contribution in [-0.2, 0) is 31.2 Å². The normalized spacial score (nSPS) is 13.0. The van der Waals surface area contributed by atoms with Crippen molar-refractivity contribution in [3.05, 3.63) is 34.8 Å². The van der Waals surface area contributed by atoms with Gasteiger partial charge in [0.25, 0.3) is 0 Å². The molecule has 0 radical (unpaired) electrons. The number of hydrogen-bond donors (Lipinski definition) is 1. The van der Waals surface area contributed by atoms with Crippen LogP contribution in [0.25, 0.3) is 11.4 Å². The summed E-state index contributed by atoms with van der Waals surface area (Å²) in [5.74, 6) is 0.961. The van der Waals surface area contributed by atoms with E-state index in [2.05, 4.69) is 30.8 Å². The molecule has 4 rings (SSSR count). The zero-order chi connectivity index (χ0) is 18.3. The lowest BCUT2D eigenvalue weighted by atomic mass is 10.0. The number of aromatic nitrogens is 7. The zero-order valence-corrected chi connectivity index (χ0v) is 15.0. The van der Waals surface area contributed by atoms with Crippen LogP contribution in [0.1, 0.15) is 28.8 Å². The molecule has 26 heavy (non-hydrogen) atoms. The summed E-state index contributed by atoms with van der Waals surface area (Å²) < 4.78 is 1.62. The lowest BCUT2D eigenvalue weighted by molar-refractivity contribution is -0.117. The Kier molecular flexibility index (Phi) is 3.98. The minimum atomic E-state index is -0.228. The molecule has 3 aromatic rings. The highest BCUT2D eigenvalue weighted by Gasteiger charge is 2.22. The number of nitrogens with zero attached hydrogens (tertiary/aromatic N) is 7. The molecule has 0 saturated heterocycles. The quantitative estimate of drug-likeness (QED) is 0.757. The second-order valence-corrected chi connectivity index (χ2v) is 6.57. The first-order valence-corrected chi connectivity index (χ1v) is 8.57. The van der Waals surface area contributed by atoms with E-state index >= 15 is 0 Å². The van der Waals surface area contributed by atoms with Gasteiger partial charge in [-0.2, -0.15) is 9.90 Å². The minimum Gasteiger partial charge on any atom is -0.309 e. The van der Waals surface area contributed by atoms with Crippen molar-refractivity contribution in [1.82, 2.24) is 35.0 Å². The number of fused-ring (bicyclic) bond motifs is 1. The Bertz CT molecular complexity index is 967. The van der Waals surface area contributed by atoms with Crippen molar-refractivity contribution >= 4 is 11.7 Å². The maximum atomic E-state index is 12.3. The van der Waals surface area contributed by atoms with Crippen molar-refractivity contribution in [2.75, 3.05) is 5.32 Å². The molecule has 0 atom stereocenters. The SMILES string of the molecule is Cc1cnn(C)c1NC(=O)Cn1nnc(-c2c(C)ncc3c2CCC3)n1. The first-order chi connectivity index (χ1) is 12.5. The standard InChI is InChI=1S/C17H20N8O/c1-10-7-19-24(3)17(10)20-14(26)9-25-22-16(21-23-25)15-11(2)18-8-12-5-4-6-13(12)15/h7-8H,4-6,9H2,1-3H3,(H,20,26). The van der Waals surface area contributed by atoms with Crippen LogP contribution in [0, 0.1) is 13.8 Å². The lowest BCUT2D eigenvalue weighted by Crippen LogP contribution is -2.22. The van der Waals surface area contributed by atoms with Gasteiger partial charge < -0.3 is 5.32 Å². The summed E-state index contributed by atoms with van der Waals surface area (Å²) in [6, 6.07) is 0. The van der Waals surface area contributed by atoms with Crippen LogP contribution in [0.5, 0.6) is 0 Å². The summed E-state index contributed by atoms with van der Waals surface area (Å²) in [6.45, 7) is 3.83. The average Bonchev–Trinajstić information content (AvgIpc) is 3.32. The van der Waals surface area contributed by atoms with Crippen LogP contribution in [-0.4, -0.2) is 40.9 Å². The number of carbonyl (C=O) groups is 1. The number of amides is 1. The molecule has 1 amide bonds. The topological polar surface area (TPSA) is 103 Å². The maximum Gasteiger partial charge on any atom is 0.249 e. The highest BCUT2D eigenvalue weighted by atomic mass is 16.2. The first-order valence-electron chi connectivity index (χ1n) is 8.57. The molecule has 9 nitrogen and oxygen atoms in total. The van der Waals surface area contributed by atoms with E-state index in [1.54, 1.807) is 17.9 Å². The second kappa shape index (κ2) is 6.32. The monoisotopic (exact) mass is 352 g/mol. The van der Waals surface area contributed by atoms with Crippen LogP contribution in [0.2, 0.25) is 0 Å². The van der Waals surface area contributed by atoms with Crippen molar-refractivity contribution in [2.24, 2.45) is 7.05 Å². The van der Waals surface area contributed by atoms with Crippen LogP contribution in [0.3, 0.4) is 0 Å². The predicted molar refractivity (Wildman–Crippen MR) is 94.4 cm³/mol. The van der Waals surface area contributed by atoms with Gasteiger partial charge in [-0.15, -0.1) is 10.2 Å². The fourth-order valence-electron chi connectivity index (χ4n) is 3.39. The van der Waals surface area contributed by atoms with Crippen LogP contribution in [0.4, 0.5) is 5.82 Å². The summed E-state index contributed by atoms with van der Waals surface area (Å²) in [6.07, 6.45) is 6.80. The molecule has 0 unspecified atom stereocenters. The van der Waals surface area contributed by atoms with Gasteiger partial charge in [0.05, 0.1) is 6.20 Å². The summed E-state index contributed by atoms with van der Waals surface area (Å²) in [7, 11) is 1.78. The highest BCUT2D eigenvalue weighted by molar-refractivity contribution is 5.90. The molecule has 0 saturated carbocycles. The van der Waals surface area contributed by atoms with Gasteiger partial charge in [0.2, 0.25) is 11.7 Å². The molecular formula is C17H20N8O. The molecule has 1 aliphatic carbocycles. The van der Waals surface area contributed by atoms with Gasteiger partial charge in [-0.3, -0.25) is 14.5 Å². The lowest BCUT2D eigenvalue weighted by Gasteiger charge is -2.07. The summed E-state index contributed by atoms with van der Waals surface area (Å²) in [5.41, 5.74) is 5.25. The van der Waals surface area contributed by atoms with E-state index in [9.17, 15) is 4.79 Å². The predicted octanol–water partition coefficient (Wildman–Crippen LogP) is 1.21. The van der Waals surface area contributed by atoms with Crippen molar-refractivity contribution < 1.29 is 4.79 Å². The number of rotatable bonds is 4. The van der Waals surface area contributed by atoms with E-state index in [4.69, 9.17) is 0 Å². The van der Waals surface area contributed by atoms with E-state index in [1.165, 1.54) is 15.9 Å². The highest BCUT2D eigenvalue weighted by Crippen LogP contribution is 2.31. The minimum absolute atomic E-state index is 0.0148. The van der Waals surface area contributed by atoms with Gasteiger partial charge in [-0.25, -0.2) is 0 Å². The van der Waals surface area contributed by atoms with Crippen molar-refractivity contribution in [1.29, 1.82) is 0 Å². The molecule has 0 aliphatic heterocycles. The number of hydrogen-bond acceptors (Lipinski definition) is 6. The van der Waals surface area contributed by atoms with Gasteiger partial charge in [-0.05, 0) is 49.5 Å². The maximum absolute atomic E-state index is 12.3. The Hall–Kier alpha value is -3.10. The van der Waals surface area contributed by atoms with Gasteiger partial charge in [-0.1, -0.05) is 0 Å². The number of carbonyl (C=O) groups excluding carboxylic acids is 1. The molecule has 3 heterocycles. The van der Waals surface area contributed by atoms with Crippen LogP contribution in [0.15, 0.2) is 12.4 Å². The van der Waals surface area contributed by atoms with Crippen molar-refractivity contribution in [2.45, 2.75) is 39.7 Å². The van der Waals surface area contributed by atoms with E-state index in [-0.39, 0.29) is 12.5 Å². The van der Waals surface area contributed by atoms with Crippen LogP contribution < -0.4 is 5.32 Å². The van der Waals surface area contributed by atoms with Gasteiger partial charge in [0.15, 0.2) is 0 Å². The fourth-order valence-corrected chi connectivity index (χ4v) is 3.39. The Morgan fingerprint density at radius 2 is 2.12 bits per heavy atom. The molecule has 1 aliphatic rings. The Balaban J connectivity index is 1.54. The Labute approximate surface area is 150 Å². The Morgan fingerprint density at radius 3 is 2.88 bits per heavy atom. The number of aryl methyl sites for hydroxylation is 4. The van der Waals surface area contributed by atoms with E-state index in [0.29, 0.717) is 11.6 Å². The molecule has 1 N–H and O–H groups in total. The average molecular weight is 352 g/mol. The third-order valence-corrected chi connectivity index (χ3v) is 4.68. The molecule has 9 heteroatoms. The Morgan fingerprint density at radius 1 is 1.27 bits per heavy atom. The number of tetrazole rings is 1. The fraction of sp³-hybridized carbons (Fsp3) is 0.412. The van der Waals surface area contributed by atoms with Crippen LogP contribution >= 0.6 is 0 Å². The number of anilines is 1. The molecule has 0 spiro atoms. The molecule has 134 valence electrons.